The summed E-state index contributed by atoms with van der Waals surface area (Å²) in [5, 5.41) is 7.63. The number of benzene rings is 1. The quantitative estimate of drug-likeness (QED) is 0.840. The van der Waals surface area contributed by atoms with Gasteiger partial charge in [-0.3, -0.25) is 4.79 Å². The minimum Gasteiger partial charge on any atom is -0.366 e. The molecule has 0 atom stereocenters. The van der Waals surface area contributed by atoms with Crippen molar-refractivity contribution in [2.75, 3.05) is 6.54 Å². The number of primary amides is 1. The molecule has 0 saturated heterocycles. The summed E-state index contributed by atoms with van der Waals surface area (Å²) in [7, 11) is 0. The molecule has 0 spiro atoms. The van der Waals surface area contributed by atoms with Gasteiger partial charge in [0.05, 0.1) is 17.4 Å². The summed E-state index contributed by atoms with van der Waals surface area (Å²) < 4.78 is 2.64. The molecule has 1 aromatic carbocycles. The van der Waals surface area contributed by atoms with Crippen LogP contribution in [-0.2, 0) is 6.54 Å². The molecule has 3 N–H and O–H groups in total. The summed E-state index contributed by atoms with van der Waals surface area (Å²) in [6.07, 6.45) is 3.13. The average Bonchev–Trinajstić information content (AvgIpc) is 2.89. The average molecular weight is 351 g/mol. The number of carbonyl (C=O) groups excluding carboxylic acids is 1. The van der Waals surface area contributed by atoms with Crippen LogP contribution in [0.3, 0.4) is 0 Å². The standard InChI is InChI=1S/C15H19BrN4O/c1-10(2)6-18-7-11-3-4-13(16)5-14(11)20-9-12(8-19-20)15(17)21/h3-5,8-10,18H,6-7H2,1-2H3,(H2,17,21). The number of aromatic nitrogens is 2. The number of hydrogen-bond donors (Lipinski definition) is 2. The van der Waals surface area contributed by atoms with Gasteiger partial charge in [-0.25, -0.2) is 4.68 Å². The van der Waals surface area contributed by atoms with Crippen LogP contribution >= 0.6 is 15.9 Å². The molecule has 6 heteroatoms. The van der Waals surface area contributed by atoms with E-state index in [-0.39, 0.29) is 0 Å². The van der Waals surface area contributed by atoms with Crippen LogP contribution in [0.1, 0.15) is 29.8 Å². The largest absolute Gasteiger partial charge is 0.366 e. The molecular weight excluding hydrogens is 332 g/mol. The topological polar surface area (TPSA) is 72.9 Å². The first kappa shape index (κ1) is 15.7. The van der Waals surface area contributed by atoms with E-state index >= 15 is 0 Å². The summed E-state index contributed by atoms with van der Waals surface area (Å²) in [6.45, 7) is 6.03. The van der Waals surface area contributed by atoms with E-state index < -0.39 is 5.91 Å². The lowest BCUT2D eigenvalue weighted by Gasteiger charge is -2.12. The summed E-state index contributed by atoms with van der Waals surface area (Å²) >= 11 is 3.47. The number of rotatable bonds is 6. The van der Waals surface area contributed by atoms with Gasteiger partial charge in [-0.2, -0.15) is 5.10 Å². The number of halogens is 1. The second-order valence-electron chi connectivity index (χ2n) is 5.34. The molecule has 0 aliphatic carbocycles. The molecule has 0 bridgehead atoms. The van der Waals surface area contributed by atoms with E-state index in [0.717, 1.165) is 28.8 Å². The molecule has 2 rings (SSSR count). The van der Waals surface area contributed by atoms with Crippen LogP contribution in [0.15, 0.2) is 35.1 Å². The predicted octanol–water partition coefficient (Wildman–Crippen LogP) is 2.48. The number of hydrogen-bond acceptors (Lipinski definition) is 3. The van der Waals surface area contributed by atoms with E-state index in [2.05, 4.69) is 40.2 Å². The highest BCUT2D eigenvalue weighted by Crippen LogP contribution is 2.20. The number of nitrogens with two attached hydrogens (primary N) is 1. The normalized spacial score (nSPS) is 11.0. The molecule has 0 aliphatic rings. The molecule has 0 radical (unpaired) electrons. The monoisotopic (exact) mass is 350 g/mol. The van der Waals surface area contributed by atoms with Crippen molar-refractivity contribution in [3.8, 4) is 5.69 Å². The van der Waals surface area contributed by atoms with Crippen molar-refractivity contribution in [3.63, 3.8) is 0 Å². The Morgan fingerprint density at radius 3 is 2.86 bits per heavy atom. The van der Waals surface area contributed by atoms with Gasteiger partial charge in [-0.15, -0.1) is 0 Å². The number of nitrogens with one attached hydrogen (secondary N) is 1. The Hall–Kier alpha value is -1.66. The lowest BCUT2D eigenvalue weighted by molar-refractivity contribution is 0.100. The molecule has 21 heavy (non-hydrogen) atoms. The Morgan fingerprint density at radius 2 is 2.24 bits per heavy atom. The molecule has 1 heterocycles. The maximum atomic E-state index is 11.2. The third-order valence-corrected chi connectivity index (χ3v) is 3.52. The van der Waals surface area contributed by atoms with Crippen molar-refractivity contribution in [2.24, 2.45) is 11.7 Å². The molecule has 0 fully saturated rings. The minimum atomic E-state index is -0.476. The number of carbonyl (C=O) groups is 1. The molecule has 0 saturated carbocycles. The van der Waals surface area contributed by atoms with Gasteiger partial charge in [-0.05, 0) is 30.2 Å². The van der Waals surface area contributed by atoms with Gasteiger partial charge in [-0.1, -0.05) is 35.8 Å². The van der Waals surface area contributed by atoms with Crippen LogP contribution in [0.25, 0.3) is 5.69 Å². The first-order chi connectivity index (χ1) is 9.97. The van der Waals surface area contributed by atoms with Crippen molar-refractivity contribution >= 4 is 21.8 Å². The number of amides is 1. The van der Waals surface area contributed by atoms with Gasteiger partial charge >= 0.3 is 0 Å². The molecule has 1 amide bonds. The Kier molecular flexibility index (Phi) is 5.14. The molecule has 1 aromatic heterocycles. The van der Waals surface area contributed by atoms with Gasteiger partial charge in [0.25, 0.3) is 5.91 Å². The second kappa shape index (κ2) is 6.87. The molecular formula is C15H19BrN4O. The van der Waals surface area contributed by atoms with Crippen molar-refractivity contribution in [3.05, 3.63) is 46.2 Å². The van der Waals surface area contributed by atoms with Crippen LogP contribution < -0.4 is 11.1 Å². The van der Waals surface area contributed by atoms with Crippen molar-refractivity contribution in [1.29, 1.82) is 0 Å². The van der Waals surface area contributed by atoms with E-state index in [4.69, 9.17) is 5.73 Å². The fourth-order valence-electron chi connectivity index (χ4n) is 1.98. The molecule has 0 aliphatic heterocycles. The maximum Gasteiger partial charge on any atom is 0.251 e. The third-order valence-electron chi connectivity index (χ3n) is 3.03. The van der Waals surface area contributed by atoms with Crippen molar-refractivity contribution < 1.29 is 4.79 Å². The molecule has 5 nitrogen and oxygen atoms in total. The van der Waals surface area contributed by atoms with Crippen molar-refractivity contribution in [2.45, 2.75) is 20.4 Å². The van der Waals surface area contributed by atoms with Crippen molar-refractivity contribution in [1.82, 2.24) is 15.1 Å². The summed E-state index contributed by atoms with van der Waals surface area (Å²) in [4.78, 5) is 11.2. The molecule has 2 aromatic rings. The van der Waals surface area contributed by atoms with E-state index in [0.29, 0.717) is 11.5 Å². The SMILES string of the molecule is CC(C)CNCc1ccc(Br)cc1-n1cc(C(N)=O)cn1. The van der Waals surface area contributed by atoms with Gasteiger partial charge in [0.2, 0.25) is 0 Å². The predicted molar refractivity (Wildman–Crippen MR) is 86.3 cm³/mol. The fraction of sp³-hybridized carbons (Fsp3) is 0.333. The Balaban J connectivity index is 2.27. The van der Waals surface area contributed by atoms with E-state index in [1.54, 1.807) is 10.9 Å². The van der Waals surface area contributed by atoms with Crippen LogP contribution in [-0.4, -0.2) is 22.2 Å². The Bertz CT molecular complexity index is 636. The van der Waals surface area contributed by atoms with Crippen LogP contribution in [0.5, 0.6) is 0 Å². The third kappa shape index (κ3) is 4.15. The molecule has 0 unspecified atom stereocenters. The van der Waals surface area contributed by atoms with E-state index in [1.807, 2.05) is 18.2 Å². The van der Waals surface area contributed by atoms with E-state index in [1.165, 1.54) is 6.20 Å². The Labute approximate surface area is 132 Å². The van der Waals surface area contributed by atoms with Gasteiger partial charge in [0, 0.05) is 17.2 Å². The summed E-state index contributed by atoms with van der Waals surface area (Å²) in [5.74, 6) is 0.116. The summed E-state index contributed by atoms with van der Waals surface area (Å²) in [5.41, 5.74) is 7.71. The lowest BCUT2D eigenvalue weighted by atomic mass is 10.1. The molecule has 112 valence electrons. The first-order valence-electron chi connectivity index (χ1n) is 6.81. The fourth-order valence-corrected chi connectivity index (χ4v) is 2.33. The second-order valence-corrected chi connectivity index (χ2v) is 6.25. The van der Waals surface area contributed by atoms with Crippen LogP contribution in [0.4, 0.5) is 0 Å². The minimum absolute atomic E-state index is 0.399. The first-order valence-corrected chi connectivity index (χ1v) is 7.60. The number of nitrogens with zero attached hydrogens (tertiary/aromatic N) is 2. The highest BCUT2D eigenvalue weighted by atomic mass is 79.9. The Morgan fingerprint density at radius 1 is 1.48 bits per heavy atom. The van der Waals surface area contributed by atoms with Crippen LogP contribution in [0.2, 0.25) is 0 Å². The highest BCUT2D eigenvalue weighted by molar-refractivity contribution is 9.10. The zero-order valence-corrected chi connectivity index (χ0v) is 13.7. The zero-order chi connectivity index (χ0) is 15.4. The van der Waals surface area contributed by atoms with Gasteiger partial charge in [0.1, 0.15) is 0 Å². The zero-order valence-electron chi connectivity index (χ0n) is 12.1. The van der Waals surface area contributed by atoms with Gasteiger partial charge < -0.3 is 11.1 Å². The highest BCUT2D eigenvalue weighted by Gasteiger charge is 2.10. The maximum absolute atomic E-state index is 11.2. The van der Waals surface area contributed by atoms with E-state index in [9.17, 15) is 4.79 Å². The van der Waals surface area contributed by atoms with Gasteiger partial charge in [0.15, 0.2) is 0 Å². The van der Waals surface area contributed by atoms with Crippen LogP contribution in [0, 0.1) is 5.92 Å². The smallest absolute Gasteiger partial charge is 0.251 e. The lowest BCUT2D eigenvalue weighted by Crippen LogP contribution is -2.20. The summed E-state index contributed by atoms with van der Waals surface area (Å²) in [6, 6.07) is 6.01.